The quantitative estimate of drug-likeness (QED) is 0.815. The van der Waals surface area contributed by atoms with E-state index in [2.05, 4.69) is 61.2 Å². The Labute approximate surface area is 119 Å². The Morgan fingerprint density at radius 2 is 2.16 bits per heavy atom. The summed E-state index contributed by atoms with van der Waals surface area (Å²) in [7, 11) is 2.17. The van der Waals surface area contributed by atoms with Gasteiger partial charge in [0, 0.05) is 12.6 Å². The summed E-state index contributed by atoms with van der Waals surface area (Å²) in [6.07, 6.45) is 1.14. The normalized spacial score (nSPS) is 11.7. The highest BCUT2D eigenvalue weighted by molar-refractivity contribution is 7.22. The van der Waals surface area contributed by atoms with E-state index in [1.54, 1.807) is 11.3 Å². The van der Waals surface area contributed by atoms with Crippen LogP contribution in [0.25, 0.3) is 10.2 Å². The minimum Gasteiger partial charge on any atom is -0.361 e. The number of anilines is 1. The van der Waals surface area contributed by atoms with Crippen molar-refractivity contribution >= 4 is 26.7 Å². The van der Waals surface area contributed by atoms with Crippen molar-refractivity contribution in [1.82, 2.24) is 9.88 Å². The Bertz CT molecular complexity index is 533. The third kappa shape index (κ3) is 3.91. The van der Waals surface area contributed by atoms with E-state index in [9.17, 15) is 0 Å². The van der Waals surface area contributed by atoms with Crippen molar-refractivity contribution in [3.05, 3.63) is 23.8 Å². The van der Waals surface area contributed by atoms with Crippen molar-refractivity contribution < 1.29 is 0 Å². The molecule has 1 heterocycles. The molecule has 19 heavy (non-hydrogen) atoms. The molecule has 0 fully saturated rings. The second-order valence-corrected chi connectivity index (χ2v) is 6.38. The molecule has 0 radical (unpaired) electrons. The fraction of sp³-hybridized carbons (Fsp3) is 0.533. The van der Waals surface area contributed by atoms with E-state index in [1.165, 1.54) is 10.3 Å². The minimum atomic E-state index is 0.616. The molecule has 0 bridgehead atoms. The topological polar surface area (TPSA) is 28.2 Å². The van der Waals surface area contributed by atoms with Crippen molar-refractivity contribution in [2.75, 3.05) is 25.5 Å². The maximum atomic E-state index is 4.60. The Kier molecular flexibility index (Phi) is 4.77. The third-order valence-corrected chi connectivity index (χ3v) is 4.37. The molecule has 1 N–H and O–H groups in total. The fourth-order valence-electron chi connectivity index (χ4n) is 1.89. The van der Waals surface area contributed by atoms with E-state index in [0.717, 1.165) is 30.2 Å². The molecule has 0 aliphatic heterocycles. The molecule has 0 amide bonds. The fourth-order valence-corrected chi connectivity index (χ4v) is 2.88. The van der Waals surface area contributed by atoms with Gasteiger partial charge in [0.05, 0.1) is 10.2 Å². The predicted octanol–water partition coefficient (Wildman–Crippen LogP) is 3.75. The van der Waals surface area contributed by atoms with Crippen LogP contribution in [0.1, 0.15) is 25.8 Å². The molecule has 0 unspecified atom stereocenters. The Morgan fingerprint density at radius 3 is 2.89 bits per heavy atom. The van der Waals surface area contributed by atoms with Gasteiger partial charge in [0.15, 0.2) is 5.13 Å². The summed E-state index contributed by atoms with van der Waals surface area (Å²) >= 11 is 1.74. The summed E-state index contributed by atoms with van der Waals surface area (Å²) in [5.41, 5.74) is 2.39. The van der Waals surface area contributed by atoms with Crippen LogP contribution in [0, 0.1) is 6.92 Å². The average molecular weight is 277 g/mol. The Hall–Kier alpha value is -1.13. The molecule has 0 atom stereocenters. The molecule has 1 aromatic carbocycles. The summed E-state index contributed by atoms with van der Waals surface area (Å²) in [6.45, 7) is 8.67. The summed E-state index contributed by atoms with van der Waals surface area (Å²) in [5.74, 6) is 0. The molecular formula is C15H23N3S. The van der Waals surface area contributed by atoms with Gasteiger partial charge < -0.3 is 10.2 Å². The lowest BCUT2D eigenvalue weighted by Crippen LogP contribution is -2.28. The summed E-state index contributed by atoms with van der Waals surface area (Å²) in [5, 5.41) is 4.46. The summed E-state index contributed by atoms with van der Waals surface area (Å²) in [6, 6.07) is 7.03. The molecule has 4 heteroatoms. The molecular weight excluding hydrogens is 254 g/mol. The lowest BCUT2D eigenvalue weighted by atomic mass is 10.2. The Balaban J connectivity index is 1.85. The summed E-state index contributed by atoms with van der Waals surface area (Å²) < 4.78 is 1.27. The maximum Gasteiger partial charge on any atom is 0.183 e. The van der Waals surface area contributed by atoms with Crippen LogP contribution in [0.15, 0.2) is 18.2 Å². The molecule has 104 valence electrons. The van der Waals surface area contributed by atoms with Crippen LogP contribution < -0.4 is 5.32 Å². The first kappa shape index (κ1) is 14.3. The number of fused-ring (bicyclic) bond motifs is 1. The van der Waals surface area contributed by atoms with Crippen LogP contribution in [-0.4, -0.2) is 36.1 Å². The van der Waals surface area contributed by atoms with Gasteiger partial charge in [-0.3, -0.25) is 0 Å². The molecule has 2 rings (SSSR count). The number of aromatic nitrogens is 1. The molecule has 0 saturated carbocycles. The van der Waals surface area contributed by atoms with Gasteiger partial charge in [-0.05, 0) is 58.5 Å². The van der Waals surface area contributed by atoms with Gasteiger partial charge in [-0.25, -0.2) is 4.98 Å². The standard InChI is InChI=1S/C15H23N3S/c1-11(2)18(4)9-5-8-16-15-17-13-7-6-12(3)10-14(13)19-15/h6-7,10-11H,5,8-9H2,1-4H3,(H,16,17). The number of nitrogens with zero attached hydrogens (tertiary/aromatic N) is 2. The molecule has 2 aromatic rings. The molecule has 0 saturated heterocycles. The smallest absolute Gasteiger partial charge is 0.183 e. The molecule has 3 nitrogen and oxygen atoms in total. The van der Waals surface area contributed by atoms with Gasteiger partial charge in [0.25, 0.3) is 0 Å². The van der Waals surface area contributed by atoms with E-state index < -0.39 is 0 Å². The number of thiazole rings is 1. The Morgan fingerprint density at radius 1 is 1.37 bits per heavy atom. The van der Waals surface area contributed by atoms with Crippen LogP contribution >= 0.6 is 11.3 Å². The lowest BCUT2D eigenvalue weighted by molar-refractivity contribution is 0.273. The van der Waals surface area contributed by atoms with Crippen molar-refractivity contribution in [2.24, 2.45) is 0 Å². The highest BCUT2D eigenvalue weighted by Crippen LogP contribution is 2.26. The van der Waals surface area contributed by atoms with E-state index in [1.807, 2.05) is 0 Å². The van der Waals surface area contributed by atoms with Crippen LogP contribution in [0.5, 0.6) is 0 Å². The van der Waals surface area contributed by atoms with E-state index >= 15 is 0 Å². The molecule has 0 aliphatic carbocycles. The van der Waals surface area contributed by atoms with Crippen molar-refractivity contribution in [3.63, 3.8) is 0 Å². The van der Waals surface area contributed by atoms with Crippen LogP contribution in [0.2, 0.25) is 0 Å². The van der Waals surface area contributed by atoms with Gasteiger partial charge in [-0.1, -0.05) is 17.4 Å². The van der Waals surface area contributed by atoms with Crippen molar-refractivity contribution in [1.29, 1.82) is 0 Å². The van der Waals surface area contributed by atoms with E-state index in [0.29, 0.717) is 6.04 Å². The first-order valence-corrected chi connectivity index (χ1v) is 7.69. The number of rotatable bonds is 6. The zero-order valence-electron chi connectivity index (χ0n) is 12.2. The number of benzene rings is 1. The van der Waals surface area contributed by atoms with Crippen molar-refractivity contribution in [2.45, 2.75) is 33.2 Å². The third-order valence-electron chi connectivity index (χ3n) is 3.39. The molecule has 0 spiro atoms. The van der Waals surface area contributed by atoms with Gasteiger partial charge in [-0.15, -0.1) is 0 Å². The van der Waals surface area contributed by atoms with Gasteiger partial charge in [0.1, 0.15) is 0 Å². The van der Waals surface area contributed by atoms with Crippen LogP contribution in [0.4, 0.5) is 5.13 Å². The number of hydrogen-bond acceptors (Lipinski definition) is 4. The zero-order chi connectivity index (χ0) is 13.8. The highest BCUT2D eigenvalue weighted by atomic mass is 32.1. The van der Waals surface area contributed by atoms with Gasteiger partial charge in [-0.2, -0.15) is 0 Å². The van der Waals surface area contributed by atoms with E-state index in [4.69, 9.17) is 0 Å². The summed E-state index contributed by atoms with van der Waals surface area (Å²) in [4.78, 5) is 6.96. The second kappa shape index (κ2) is 6.35. The number of aryl methyl sites for hydroxylation is 1. The predicted molar refractivity (Wildman–Crippen MR) is 85.2 cm³/mol. The average Bonchev–Trinajstić information content (AvgIpc) is 2.75. The van der Waals surface area contributed by atoms with Crippen LogP contribution in [-0.2, 0) is 0 Å². The molecule has 1 aromatic heterocycles. The SMILES string of the molecule is Cc1ccc2nc(NCCCN(C)C(C)C)sc2c1. The largest absolute Gasteiger partial charge is 0.361 e. The lowest BCUT2D eigenvalue weighted by Gasteiger charge is -2.20. The number of hydrogen-bond donors (Lipinski definition) is 1. The van der Waals surface area contributed by atoms with Crippen LogP contribution in [0.3, 0.4) is 0 Å². The van der Waals surface area contributed by atoms with Gasteiger partial charge in [0.2, 0.25) is 0 Å². The van der Waals surface area contributed by atoms with E-state index in [-0.39, 0.29) is 0 Å². The molecule has 0 aliphatic rings. The maximum absolute atomic E-state index is 4.60. The minimum absolute atomic E-state index is 0.616. The highest BCUT2D eigenvalue weighted by Gasteiger charge is 2.04. The monoisotopic (exact) mass is 277 g/mol. The first-order valence-electron chi connectivity index (χ1n) is 6.87. The zero-order valence-corrected chi connectivity index (χ0v) is 13.0. The first-order chi connectivity index (χ1) is 9.06. The van der Waals surface area contributed by atoms with Gasteiger partial charge >= 0.3 is 0 Å². The second-order valence-electron chi connectivity index (χ2n) is 5.34. The number of nitrogens with one attached hydrogen (secondary N) is 1. The van der Waals surface area contributed by atoms with Crippen molar-refractivity contribution in [3.8, 4) is 0 Å².